The van der Waals surface area contributed by atoms with Gasteiger partial charge in [-0.2, -0.15) is 0 Å². The summed E-state index contributed by atoms with van der Waals surface area (Å²) in [7, 11) is 2.23. The average Bonchev–Trinajstić information content (AvgIpc) is 2.65. The van der Waals surface area contributed by atoms with E-state index >= 15 is 0 Å². The Kier molecular flexibility index (Phi) is 4.03. The zero-order chi connectivity index (χ0) is 14.1. The smallest absolute Gasteiger partial charge is 0.163 e. The number of halogens is 2. The molecule has 2 unspecified atom stereocenters. The van der Waals surface area contributed by atoms with E-state index in [2.05, 4.69) is 17.3 Å². The molecule has 2 heterocycles. The first-order chi connectivity index (χ1) is 9.65. The third kappa shape index (κ3) is 2.72. The van der Waals surface area contributed by atoms with Gasteiger partial charge in [-0.15, -0.1) is 0 Å². The molecule has 0 amide bonds. The van der Waals surface area contributed by atoms with Crippen molar-refractivity contribution >= 4 is 0 Å². The van der Waals surface area contributed by atoms with Crippen LogP contribution in [0.15, 0.2) is 18.2 Å². The molecule has 2 aliphatic heterocycles. The molecule has 2 bridgehead atoms. The van der Waals surface area contributed by atoms with E-state index in [1.165, 1.54) is 25.7 Å². The maximum absolute atomic E-state index is 13.5. The van der Waals surface area contributed by atoms with Gasteiger partial charge >= 0.3 is 0 Å². The van der Waals surface area contributed by atoms with Crippen LogP contribution in [0.1, 0.15) is 31.2 Å². The Morgan fingerprint density at radius 1 is 1.20 bits per heavy atom. The van der Waals surface area contributed by atoms with Crippen LogP contribution in [0.3, 0.4) is 0 Å². The van der Waals surface area contributed by atoms with Crippen molar-refractivity contribution in [2.45, 2.75) is 44.3 Å². The van der Waals surface area contributed by atoms with E-state index in [1.807, 2.05) is 0 Å². The molecule has 110 valence electrons. The number of hydrogen-bond acceptors (Lipinski definition) is 2. The number of benzene rings is 1. The lowest BCUT2D eigenvalue weighted by Gasteiger charge is -2.36. The molecule has 2 atom stereocenters. The maximum atomic E-state index is 13.5. The Bertz CT molecular complexity index is 464. The van der Waals surface area contributed by atoms with Gasteiger partial charge in [0.2, 0.25) is 0 Å². The summed E-state index contributed by atoms with van der Waals surface area (Å²) < 4.78 is 26.6. The number of nitrogens with zero attached hydrogens (tertiary/aromatic N) is 1. The molecular formula is C16H22F2N2. The van der Waals surface area contributed by atoms with Crippen molar-refractivity contribution in [3.8, 4) is 0 Å². The van der Waals surface area contributed by atoms with Crippen LogP contribution in [-0.4, -0.2) is 30.6 Å². The summed E-state index contributed by atoms with van der Waals surface area (Å²) in [6, 6.07) is 5.82. The van der Waals surface area contributed by atoms with Crippen molar-refractivity contribution < 1.29 is 8.78 Å². The highest BCUT2D eigenvalue weighted by atomic mass is 19.2. The van der Waals surface area contributed by atoms with Gasteiger partial charge in [0.05, 0.1) is 0 Å². The molecule has 1 aromatic carbocycles. The van der Waals surface area contributed by atoms with Gasteiger partial charge < -0.3 is 10.2 Å². The first kappa shape index (κ1) is 14.0. The van der Waals surface area contributed by atoms with E-state index in [1.54, 1.807) is 12.1 Å². The third-order valence-corrected chi connectivity index (χ3v) is 4.98. The highest BCUT2D eigenvalue weighted by Crippen LogP contribution is 2.37. The van der Waals surface area contributed by atoms with Gasteiger partial charge in [0, 0.05) is 24.2 Å². The molecule has 2 aliphatic rings. The maximum Gasteiger partial charge on any atom is 0.163 e. The summed E-state index contributed by atoms with van der Waals surface area (Å²) >= 11 is 0. The Morgan fingerprint density at radius 3 is 2.60 bits per heavy atom. The predicted octanol–water partition coefficient (Wildman–Crippen LogP) is 2.93. The van der Waals surface area contributed by atoms with Gasteiger partial charge in [-0.05, 0) is 51.3 Å². The second-order valence-electron chi connectivity index (χ2n) is 6.23. The summed E-state index contributed by atoms with van der Waals surface area (Å²) in [6.07, 6.45) is 5.09. The van der Waals surface area contributed by atoms with Gasteiger partial charge in [-0.3, -0.25) is 0 Å². The predicted molar refractivity (Wildman–Crippen MR) is 75.4 cm³/mol. The van der Waals surface area contributed by atoms with E-state index in [0.29, 0.717) is 18.0 Å². The zero-order valence-corrected chi connectivity index (χ0v) is 11.9. The number of nitrogens with one attached hydrogen (secondary N) is 1. The molecule has 1 aromatic rings. The van der Waals surface area contributed by atoms with E-state index in [-0.39, 0.29) is 0 Å². The second kappa shape index (κ2) is 5.78. The van der Waals surface area contributed by atoms with Crippen LogP contribution >= 0.6 is 0 Å². The van der Waals surface area contributed by atoms with Crippen molar-refractivity contribution in [1.82, 2.24) is 10.2 Å². The van der Waals surface area contributed by atoms with Gasteiger partial charge in [0.15, 0.2) is 11.6 Å². The molecular weight excluding hydrogens is 258 g/mol. The molecule has 0 radical (unpaired) electrons. The topological polar surface area (TPSA) is 15.3 Å². The lowest BCUT2D eigenvalue weighted by molar-refractivity contribution is 0.133. The van der Waals surface area contributed by atoms with Gasteiger partial charge in [-0.1, -0.05) is 12.1 Å². The van der Waals surface area contributed by atoms with Crippen molar-refractivity contribution in [2.75, 3.05) is 13.6 Å². The Morgan fingerprint density at radius 2 is 1.90 bits per heavy atom. The lowest BCUT2D eigenvalue weighted by atomic mass is 9.91. The zero-order valence-electron chi connectivity index (χ0n) is 11.9. The molecule has 0 aromatic heterocycles. The Labute approximate surface area is 119 Å². The standard InChI is InChI=1S/C16H22F2N2/c1-20-13-5-6-14(20)8-11(7-13)9-19-10-12-3-2-4-15(17)16(12)18/h2-4,11,13-14,19H,5-10H2,1H3. The minimum Gasteiger partial charge on any atom is -0.312 e. The summed E-state index contributed by atoms with van der Waals surface area (Å²) in [5.74, 6) is -0.814. The van der Waals surface area contributed by atoms with E-state index < -0.39 is 11.6 Å². The van der Waals surface area contributed by atoms with Gasteiger partial charge in [-0.25, -0.2) is 8.78 Å². The Balaban J connectivity index is 1.50. The monoisotopic (exact) mass is 280 g/mol. The number of hydrogen-bond donors (Lipinski definition) is 1. The highest BCUT2D eigenvalue weighted by molar-refractivity contribution is 5.18. The first-order valence-electron chi connectivity index (χ1n) is 7.50. The number of piperidine rings is 1. The quantitative estimate of drug-likeness (QED) is 0.912. The van der Waals surface area contributed by atoms with E-state index in [0.717, 1.165) is 24.7 Å². The summed E-state index contributed by atoms with van der Waals surface area (Å²) in [5, 5.41) is 3.30. The van der Waals surface area contributed by atoms with Crippen LogP contribution in [-0.2, 0) is 6.54 Å². The Hall–Kier alpha value is -1.00. The molecule has 2 nitrogen and oxygen atoms in total. The van der Waals surface area contributed by atoms with Crippen molar-refractivity contribution in [3.05, 3.63) is 35.4 Å². The second-order valence-corrected chi connectivity index (χ2v) is 6.23. The van der Waals surface area contributed by atoms with Gasteiger partial charge in [0.25, 0.3) is 0 Å². The molecule has 2 saturated heterocycles. The van der Waals surface area contributed by atoms with E-state index in [9.17, 15) is 8.78 Å². The van der Waals surface area contributed by atoms with Crippen molar-refractivity contribution in [1.29, 1.82) is 0 Å². The molecule has 0 aliphatic carbocycles. The number of fused-ring (bicyclic) bond motifs is 2. The summed E-state index contributed by atoms with van der Waals surface area (Å²) in [5.41, 5.74) is 0.417. The molecule has 3 rings (SSSR count). The average molecular weight is 280 g/mol. The van der Waals surface area contributed by atoms with Crippen LogP contribution in [0.4, 0.5) is 8.78 Å². The molecule has 20 heavy (non-hydrogen) atoms. The number of rotatable bonds is 4. The van der Waals surface area contributed by atoms with Crippen LogP contribution in [0.2, 0.25) is 0 Å². The fourth-order valence-electron chi connectivity index (χ4n) is 3.79. The minimum absolute atomic E-state index is 0.408. The fraction of sp³-hybridized carbons (Fsp3) is 0.625. The summed E-state index contributed by atoms with van der Waals surface area (Å²) in [6.45, 7) is 1.31. The van der Waals surface area contributed by atoms with Crippen LogP contribution < -0.4 is 5.32 Å². The molecule has 1 N–H and O–H groups in total. The molecule has 0 spiro atoms. The van der Waals surface area contributed by atoms with Crippen molar-refractivity contribution in [3.63, 3.8) is 0 Å². The van der Waals surface area contributed by atoms with E-state index in [4.69, 9.17) is 0 Å². The summed E-state index contributed by atoms with van der Waals surface area (Å²) in [4.78, 5) is 2.52. The molecule has 0 saturated carbocycles. The minimum atomic E-state index is -0.762. The normalized spacial score (nSPS) is 29.9. The highest BCUT2D eigenvalue weighted by Gasteiger charge is 2.37. The fourth-order valence-corrected chi connectivity index (χ4v) is 3.79. The van der Waals surface area contributed by atoms with Crippen LogP contribution in [0, 0.1) is 17.6 Å². The molecule has 4 heteroatoms. The SMILES string of the molecule is CN1C2CCC1CC(CNCc1cccc(F)c1F)C2. The lowest BCUT2D eigenvalue weighted by Crippen LogP contribution is -2.42. The molecule has 2 fully saturated rings. The largest absolute Gasteiger partial charge is 0.312 e. The first-order valence-corrected chi connectivity index (χ1v) is 7.50. The van der Waals surface area contributed by atoms with Crippen LogP contribution in [0.5, 0.6) is 0 Å². The van der Waals surface area contributed by atoms with Crippen LogP contribution in [0.25, 0.3) is 0 Å². The van der Waals surface area contributed by atoms with Gasteiger partial charge in [0.1, 0.15) is 0 Å². The third-order valence-electron chi connectivity index (χ3n) is 4.98. The van der Waals surface area contributed by atoms with Crippen molar-refractivity contribution in [2.24, 2.45) is 5.92 Å².